The molecule has 3 rings (SSSR count). The van der Waals surface area contributed by atoms with Crippen LogP contribution in [0.15, 0.2) is 30.5 Å². The predicted molar refractivity (Wildman–Crippen MR) is 75.6 cm³/mol. The van der Waals surface area contributed by atoms with Gasteiger partial charge in [0.1, 0.15) is 6.17 Å². The highest BCUT2D eigenvalue weighted by molar-refractivity contribution is 5.65. The quantitative estimate of drug-likeness (QED) is 0.861. The molecule has 1 aliphatic rings. The van der Waals surface area contributed by atoms with E-state index in [1.807, 2.05) is 6.07 Å². The number of aryl methyl sites for hydroxylation is 2. The van der Waals surface area contributed by atoms with Crippen LogP contribution in [0.4, 0.5) is 15.8 Å². The molecule has 0 spiro atoms. The summed E-state index contributed by atoms with van der Waals surface area (Å²) in [6.07, 6.45) is 2.09. The first-order valence-electron chi connectivity index (χ1n) is 6.61. The summed E-state index contributed by atoms with van der Waals surface area (Å²) < 4.78 is 13.7. The van der Waals surface area contributed by atoms with Crippen LogP contribution in [0.5, 0.6) is 0 Å². The summed E-state index contributed by atoms with van der Waals surface area (Å²) in [6.45, 7) is 4.19. The second-order valence-electron chi connectivity index (χ2n) is 5.15. The molecule has 0 saturated carbocycles. The van der Waals surface area contributed by atoms with Gasteiger partial charge in [-0.05, 0) is 56.0 Å². The number of nitrogens with zero attached hydrogens (tertiary/aromatic N) is 1. The molecular formula is C16H17FN2. The Morgan fingerprint density at radius 3 is 2.84 bits per heavy atom. The Labute approximate surface area is 112 Å². The zero-order chi connectivity index (χ0) is 13.4. The maximum absolute atomic E-state index is 13.7. The van der Waals surface area contributed by atoms with Gasteiger partial charge in [0.25, 0.3) is 0 Å². The summed E-state index contributed by atoms with van der Waals surface area (Å²) in [7, 11) is 0. The van der Waals surface area contributed by atoms with Crippen LogP contribution in [0.3, 0.4) is 0 Å². The molecule has 2 nitrogen and oxygen atoms in total. The first-order valence-corrected chi connectivity index (χ1v) is 6.61. The van der Waals surface area contributed by atoms with Crippen molar-refractivity contribution in [3.63, 3.8) is 0 Å². The van der Waals surface area contributed by atoms with Gasteiger partial charge in [-0.1, -0.05) is 6.07 Å². The molecule has 1 aromatic heterocycles. The van der Waals surface area contributed by atoms with Crippen molar-refractivity contribution in [1.29, 1.82) is 0 Å². The van der Waals surface area contributed by atoms with Crippen LogP contribution >= 0.6 is 0 Å². The second-order valence-corrected chi connectivity index (χ2v) is 5.15. The molecule has 3 heteroatoms. The molecule has 1 unspecified atom stereocenters. The average molecular weight is 256 g/mol. The molecule has 0 bridgehead atoms. The Morgan fingerprint density at radius 2 is 2.05 bits per heavy atom. The molecule has 0 radical (unpaired) electrons. The van der Waals surface area contributed by atoms with Gasteiger partial charge in [0.2, 0.25) is 0 Å². The highest BCUT2D eigenvalue weighted by Gasteiger charge is 2.25. The molecule has 1 aliphatic carbocycles. The summed E-state index contributed by atoms with van der Waals surface area (Å²) in [5.74, 6) is 0. The van der Waals surface area contributed by atoms with Gasteiger partial charge >= 0.3 is 0 Å². The summed E-state index contributed by atoms with van der Waals surface area (Å²) >= 11 is 0. The van der Waals surface area contributed by atoms with E-state index in [9.17, 15) is 4.39 Å². The first kappa shape index (κ1) is 12.2. The van der Waals surface area contributed by atoms with Crippen LogP contribution < -0.4 is 5.32 Å². The highest BCUT2D eigenvalue weighted by atomic mass is 19.1. The molecule has 0 fully saturated rings. The van der Waals surface area contributed by atoms with Crippen molar-refractivity contribution in [3.05, 3.63) is 52.8 Å². The van der Waals surface area contributed by atoms with Crippen LogP contribution in [-0.2, 0) is 6.42 Å². The summed E-state index contributed by atoms with van der Waals surface area (Å²) in [5, 5.41) is 3.39. The predicted octanol–water partition coefficient (Wildman–Crippen LogP) is 4.40. The molecule has 2 aromatic rings. The third kappa shape index (κ3) is 2.21. The lowest BCUT2D eigenvalue weighted by Crippen LogP contribution is -1.98. The Balaban J connectivity index is 1.94. The fourth-order valence-electron chi connectivity index (χ4n) is 2.54. The smallest absolute Gasteiger partial charge is 0.143 e. The molecule has 0 aliphatic heterocycles. The minimum atomic E-state index is -0.906. The van der Waals surface area contributed by atoms with Crippen molar-refractivity contribution in [1.82, 2.24) is 4.98 Å². The van der Waals surface area contributed by atoms with E-state index in [4.69, 9.17) is 0 Å². The van der Waals surface area contributed by atoms with Crippen molar-refractivity contribution < 1.29 is 4.39 Å². The molecule has 1 N–H and O–H groups in total. The van der Waals surface area contributed by atoms with E-state index >= 15 is 0 Å². The third-order valence-electron chi connectivity index (χ3n) is 3.82. The lowest BCUT2D eigenvalue weighted by atomic mass is 10.1. The standard InChI is InChI=1S/C16H17FN2/c1-10-3-4-12(9-11(10)2)19-15-7-8-18-16-13(15)5-6-14(16)17/h3-4,7-9,14H,5-6H2,1-2H3,(H,18,19). The van der Waals surface area contributed by atoms with Crippen LogP contribution in [0, 0.1) is 13.8 Å². The van der Waals surface area contributed by atoms with E-state index in [-0.39, 0.29) is 0 Å². The number of fused-ring (bicyclic) bond motifs is 1. The zero-order valence-electron chi connectivity index (χ0n) is 11.2. The Hall–Kier alpha value is -1.90. The molecule has 0 saturated heterocycles. The number of hydrogen-bond donors (Lipinski definition) is 1. The summed E-state index contributed by atoms with van der Waals surface area (Å²) in [6, 6.07) is 8.18. The number of anilines is 2. The Morgan fingerprint density at radius 1 is 1.21 bits per heavy atom. The molecule has 1 atom stereocenters. The number of rotatable bonds is 2. The molecular weight excluding hydrogens is 239 g/mol. The molecule has 19 heavy (non-hydrogen) atoms. The largest absolute Gasteiger partial charge is 0.355 e. The lowest BCUT2D eigenvalue weighted by Gasteiger charge is -2.12. The van der Waals surface area contributed by atoms with E-state index in [0.717, 1.165) is 23.4 Å². The molecule has 1 heterocycles. The molecule has 0 amide bonds. The second kappa shape index (κ2) is 4.65. The topological polar surface area (TPSA) is 24.9 Å². The molecule has 98 valence electrons. The van der Waals surface area contributed by atoms with Crippen LogP contribution in [0.1, 0.15) is 35.0 Å². The minimum Gasteiger partial charge on any atom is -0.355 e. The van der Waals surface area contributed by atoms with E-state index in [1.54, 1.807) is 6.20 Å². The van der Waals surface area contributed by atoms with Gasteiger partial charge < -0.3 is 5.32 Å². The Bertz CT molecular complexity index is 622. The number of aromatic nitrogens is 1. The van der Waals surface area contributed by atoms with E-state index in [2.05, 4.69) is 42.3 Å². The fraction of sp³-hybridized carbons (Fsp3) is 0.312. The normalized spacial score (nSPS) is 17.3. The van der Waals surface area contributed by atoms with Gasteiger partial charge in [-0.25, -0.2) is 4.39 Å². The van der Waals surface area contributed by atoms with Crippen molar-refractivity contribution in [2.75, 3.05) is 5.32 Å². The fourth-order valence-corrected chi connectivity index (χ4v) is 2.54. The van der Waals surface area contributed by atoms with Gasteiger partial charge in [-0.2, -0.15) is 0 Å². The number of halogens is 1. The van der Waals surface area contributed by atoms with Crippen molar-refractivity contribution >= 4 is 11.4 Å². The van der Waals surface area contributed by atoms with Crippen molar-refractivity contribution in [2.24, 2.45) is 0 Å². The SMILES string of the molecule is Cc1ccc(Nc2ccnc3c2CCC3F)cc1C. The summed E-state index contributed by atoms with van der Waals surface area (Å²) in [4.78, 5) is 4.16. The van der Waals surface area contributed by atoms with Crippen LogP contribution in [0.2, 0.25) is 0 Å². The van der Waals surface area contributed by atoms with Crippen molar-refractivity contribution in [2.45, 2.75) is 32.9 Å². The van der Waals surface area contributed by atoms with Gasteiger partial charge in [0.05, 0.1) is 5.69 Å². The first-order chi connectivity index (χ1) is 9.15. The van der Waals surface area contributed by atoms with Crippen molar-refractivity contribution in [3.8, 4) is 0 Å². The maximum atomic E-state index is 13.7. The van der Waals surface area contributed by atoms with Crippen LogP contribution in [-0.4, -0.2) is 4.98 Å². The third-order valence-corrected chi connectivity index (χ3v) is 3.82. The monoisotopic (exact) mass is 256 g/mol. The minimum absolute atomic E-state index is 0.550. The number of nitrogens with one attached hydrogen (secondary N) is 1. The average Bonchev–Trinajstić information content (AvgIpc) is 2.77. The maximum Gasteiger partial charge on any atom is 0.143 e. The lowest BCUT2D eigenvalue weighted by molar-refractivity contribution is 0.337. The van der Waals surface area contributed by atoms with Gasteiger partial charge in [0.15, 0.2) is 0 Å². The number of hydrogen-bond acceptors (Lipinski definition) is 2. The van der Waals surface area contributed by atoms with E-state index in [1.165, 1.54) is 11.1 Å². The summed E-state index contributed by atoms with van der Waals surface area (Å²) in [5.41, 5.74) is 6.17. The number of pyridine rings is 1. The highest BCUT2D eigenvalue weighted by Crippen LogP contribution is 2.37. The Kier molecular flexibility index (Phi) is 2.97. The number of alkyl halides is 1. The van der Waals surface area contributed by atoms with E-state index < -0.39 is 6.17 Å². The van der Waals surface area contributed by atoms with Crippen LogP contribution in [0.25, 0.3) is 0 Å². The van der Waals surface area contributed by atoms with Gasteiger partial charge in [-0.3, -0.25) is 4.98 Å². The van der Waals surface area contributed by atoms with E-state index in [0.29, 0.717) is 12.1 Å². The van der Waals surface area contributed by atoms with Gasteiger partial charge in [-0.15, -0.1) is 0 Å². The molecule has 1 aromatic carbocycles. The number of benzene rings is 1. The zero-order valence-corrected chi connectivity index (χ0v) is 11.2. The van der Waals surface area contributed by atoms with Gasteiger partial charge in [0, 0.05) is 23.1 Å².